The molecule has 0 atom stereocenters. The Morgan fingerprint density at radius 2 is 1.72 bits per heavy atom. The molecule has 32 heavy (non-hydrogen) atoms. The molecule has 4 aromatic rings. The second-order valence-corrected chi connectivity index (χ2v) is 7.16. The van der Waals surface area contributed by atoms with Crippen molar-refractivity contribution < 1.29 is 14.3 Å². The Labute approximate surface area is 185 Å². The van der Waals surface area contributed by atoms with Gasteiger partial charge in [0.05, 0.1) is 24.9 Å². The minimum atomic E-state index is -0.287. The maximum absolute atomic E-state index is 12.4. The molecule has 1 amide bonds. The lowest BCUT2D eigenvalue weighted by atomic mass is 10.1. The third kappa shape index (κ3) is 4.92. The number of nitrogens with one attached hydrogen (secondary N) is 1. The maximum Gasteiger partial charge on any atom is 0.271 e. The van der Waals surface area contributed by atoms with Crippen molar-refractivity contribution in [2.75, 3.05) is 7.11 Å². The minimum absolute atomic E-state index is 0.287. The molecule has 0 spiro atoms. The quantitative estimate of drug-likeness (QED) is 0.340. The van der Waals surface area contributed by atoms with E-state index in [2.05, 4.69) is 20.8 Å². The van der Waals surface area contributed by atoms with Gasteiger partial charge in [-0.2, -0.15) is 5.10 Å². The fourth-order valence-electron chi connectivity index (χ4n) is 3.15. The molecule has 0 unspecified atom stereocenters. The summed E-state index contributed by atoms with van der Waals surface area (Å²) in [6.45, 7) is 2.63. The van der Waals surface area contributed by atoms with Crippen molar-refractivity contribution in [2.24, 2.45) is 5.10 Å². The molecule has 3 aromatic carbocycles. The molecule has 0 saturated carbocycles. The number of nitrogens with zero attached hydrogens (tertiary/aromatic N) is 4. The number of rotatable bonds is 8. The number of carbonyl (C=O) groups is 1. The molecule has 1 N–H and O–H groups in total. The van der Waals surface area contributed by atoms with E-state index in [1.807, 2.05) is 67.6 Å². The van der Waals surface area contributed by atoms with E-state index in [0.29, 0.717) is 35.9 Å². The van der Waals surface area contributed by atoms with E-state index in [1.165, 1.54) is 0 Å². The van der Waals surface area contributed by atoms with E-state index in [1.54, 1.807) is 23.9 Å². The van der Waals surface area contributed by atoms with Crippen LogP contribution in [0.25, 0.3) is 11.0 Å². The number of hydrazone groups is 1. The van der Waals surface area contributed by atoms with Crippen molar-refractivity contribution in [2.45, 2.75) is 20.1 Å². The first-order valence-corrected chi connectivity index (χ1v) is 10.1. The summed E-state index contributed by atoms with van der Waals surface area (Å²) >= 11 is 0. The highest BCUT2D eigenvalue weighted by atomic mass is 16.5. The first-order valence-electron chi connectivity index (χ1n) is 10.1. The van der Waals surface area contributed by atoms with Crippen LogP contribution in [-0.2, 0) is 13.2 Å². The van der Waals surface area contributed by atoms with Crippen LogP contribution in [0.1, 0.15) is 22.8 Å². The van der Waals surface area contributed by atoms with E-state index in [-0.39, 0.29) is 5.91 Å². The summed E-state index contributed by atoms with van der Waals surface area (Å²) in [6.07, 6.45) is 0. The first kappa shape index (κ1) is 21.0. The molecule has 0 bridgehead atoms. The van der Waals surface area contributed by atoms with E-state index in [9.17, 15) is 4.79 Å². The minimum Gasteiger partial charge on any atom is -0.493 e. The smallest absolute Gasteiger partial charge is 0.271 e. The normalized spacial score (nSPS) is 11.4. The van der Waals surface area contributed by atoms with E-state index in [0.717, 1.165) is 16.6 Å². The molecule has 8 heteroatoms. The summed E-state index contributed by atoms with van der Waals surface area (Å²) in [5, 5.41) is 12.4. The van der Waals surface area contributed by atoms with Crippen LogP contribution in [0.5, 0.6) is 11.5 Å². The van der Waals surface area contributed by atoms with E-state index in [4.69, 9.17) is 9.47 Å². The van der Waals surface area contributed by atoms with Gasteiger partial charge < -0.3 is 9.47 Å². The molecule has 1 aromatic heterocycles. The number of amides is 1. The highest BCUT2D eigenvalue weighted by Crippen LogP contribution is 2.26. The largest absolute Gasteiger partial charge is 0.493 e. The van der Waals surface area contributed by atoms with Crippen LogP contribution in [-0.4, -0.2) is 33.7 Å². The van der Waals surface area contributed by atoms with Crippen molar-refractivity contribution in [1.29, 1.82) is 0 Å². The second-order valence-electron chi connectivity index (χ2n) is 7.16. The molecule has 0 aliphatic heterocycles. The Morgan fingerprint density at radius 3 is 2.50 bits per heavy atom. The lowest BCUT2D eigenvalue weighted by Gasteiger charge is -2.10. The molecular weight excluding hydrogens is 406 g/mol. The average Bonchev–Trinajstić information content (AvgIpc) is 3.24. The fraction of sp³-hybridized carbons (Fsp3) is 0.167. The Bertz CT molecular complexity index is 1250. The van der Waals surface area contributed by atoms with Gasteiger partial charge in [-0.1, -0.05) is 41.6 Å². The number of carbonyl (C=O) groups excluding carboxylic acids is 1. The monoisotopic (exact) mass is 429 g/mol. The first-order chi connectivity index (χ1) is 15.6. The van der Waals surface area contributed by atoms with Gasteiger partial charge in [0.25, 0.3) is 5.91 Å². The van der Waals surface area contributed by atoms with Gasteiger partial charge in [-0.15, -0.1) is 5.10 Å². The van der Waals surface area contributed by atoms with Gasteiger partial charge in [-0.25, -0.2) is 10.1 Å². The third-order valence-corrected chi connectivity index (χ3v) is 4.83. The van der Waals surface area contributed by atoms with Crippen molar-refractivity contribution in [3.8, 4) is 11.5 Å². The zero-order valence-corrected chi connectivity index (χ0v) is 17.9. The van der Waals surface area contributed by atoms with Crippen LogP contribution in [0.2, 0.25) is 0 Å². The molecule has 0 aliphatic rings. The van der Waals surface area contributed by atoms with Gasteiger partial charge in [0.2, 0.25) is 0 Å². The topological polar surface area (TPSA) is 90.6 Å². The summed E-state index contributed by atoms with van der Waals surface area (Å²) in [5.74, 6) is 1.06. The van der Waals surface area contributed by atoms with Crippen molar-refractivity contribution in [1.82, 2.24) is 20.4 Å². The van der Waals surface area contributed by atoms with E-state index < -0.39 is 0 Å². The van der Waals surface area contributed by atoms with Crippen LogP contribution in [0.3, 0.4) is 0 Å². The number of hydrogen-bond donors (Lipinski definition) is 1. The van der Waals surface area contributed by atoms with Gasteiger partial charge in [-0.3, -0.25) is 4.79 Å². The van der Waals surface area contributed by atoms with Crippen LogP contribution >= 0.6 is 0 Å². The molecule has 0 fully saturated rings. The summed E-state index contributed by atoms with van der Waals surface area (Å²) in [5.41, 5.74) is 6.47. The molecule has 162 valence electrons. The number of methoxy groups -OCH3 is 1. The maximum atomic E-state index is 12.4. The standard InChI is InChI=1S/C24H23N5O3/c1-17(15-29-21-8-4-3-7-20(21)26-28-29)25-27-24(30)19-13-11-18(12-14-19)16-32-23-10-6-5-9-22(23)31-2/h3-14H,15-16H2,1-2H3,(H,27,30)/b25-17+. The number of benzene rings is 3. The van der Waals surface area contributed by atoms with Crippen LogP contribution < -0.4 is 14.9 Å². The molecular formula is C24H23N5O3. The van der Waals surface area contributed by atoms with Crippen molar-refractivity contribution in [3.63, 3.8) is 0 Å². The van der Waals surface area contributed by atoms with Crippen LogP contribution in [0, 0.1) is 0 Å². The summed E-state index contributed by atoms with van der Waals surface area (Å²) in [4.78, 5) is 12.4. The van der Waals surface area contributed by atoms with Gasteiger partial charge in [0.1, 0.15) is 12.1 Å². The van der Waals surface area contributed by atoms with Gasteiger partial charge in [0, 0.05) is 5.56 Å². The van der Waals surface area contributed by atoms with E-state index >= 15 is 0 Å². The molecule has 0 saturated heterocycles. The summed E-state index contributed by atoms with van der Waals surface area (Å²) in [6, 6.07) is 22.3. The highest BCUT2D eigenvalue weighted by Gasteiger charge is 2.08. The van der Waals surface area contributed by atoms with Gasteiger partial charge in [0.15, 0.2) is 11.5 Å². The molecule has 4 rings (SSSR count). The molecule has 8 nitrogen and oxygen atoms in total. The zero-order valence-electron chi connectivity index (χ0n) is 17.9. The number of para-hydroxylation sites is 3. The van der Waals surface area contributed by atoms with Gasteiger partial charge in [-0.05, 0) is 48.9 Å². The predicted molar refractivity (Wildman–Crippen MR) is 122 cm³/mol. The molecule has 0 radical (unpaired) electrons. The Hall–Kier alpha value is -4.20. The van der Waals surface area contributed by atoms with Gasteiger partial charge >= 0.3 is 0 Å². The second kappa shape index (κ2) is 9.74. The number of hydrogen-bond acceptors (Lipinski definition) is 6. The summed E-state index contributed by atoms with van der Waals surface area (Å²) < 4.78 is 12.8. The number of fused-ring (bicyclic) bond motifs is 1. The molecule has 0 aliphatic carbocycles. The number of ether oxygens (including phenoxy) is 2. The summed E-state index contributed by atoms with van der Waals surface area (Å²) in [7, 11) is 1.61. The SMILES string of the molecule is COc1ccccc1OCc1ccc(C(=O)N/N=C(\C)Cn2nnc3ccccc32)cc1. The Kier molecular flexibility index (Phi) is 6.41. The fourth-order valence-corrected chi connectivity index (χ4v) is 3.15. The average molecular weight is 429 g/mol. The highest BCUT2D eigenvalue weighted by molar-refractivity contribution is 5.95. The predicted octanol–water partition coefficient (Wildman–Crippen LogP) is 3.82. The Morgan fingerprint density at radius 1 is 1.00 bits per heavy atom. The Balaban J connectivity index is 1.33. The lowest BCUT2D eigenvalue weighted by molar-refractivity contribution is 0.0954. The zero-order chi connectivity index (χ0) is 22.3. The lowest BCUT2D eigenvalue weighted by Crippen LogP contribution is -2.20. The number of aromatic nitrogens is 3. The van der Waals surface area contributed by atoms with Crippen LogP contribution in [0.4, 0.5) is 0 Å². The van der Waals surface area contributed by atoms with Crippen molar-refractivity contribution in [3.05, 3.63) is 83.9 Å². The molecule has 1 heterocycles. The van der Waals surface area contributed by atoms with Crippen LogP contribution in [0.15, 0.2) is 77.9 Å². The van der Waals surface area contributed by atoms with Crippen molar-refractivity contribution >= 4 is 22.7 Å². The third-order valence-electron chi connectivity index (χ3n) is 4.83.